The lowest BCUT2D eigenvalue weighted by Crippen LogP contribution is -2.38. The third kappa shape index (κ3) is 12.9. The maximum Gasteiger partial charge on any atom is 0.322 e. The fourth-order valence-corrected chi connectivity index (χ4v) is 1.75. The largest absolute Gasteiger partial charge is 0.480 e. The molecule has 0 saturated carbocycles. The number of carbonyl (C=O) groups is 3. The molecule has 6 nitrogen and oxygen atoms in total. The molecule has 116 valence electrons. The van der Waals surface area contributed by atoms with Gasteiger partial charge >= 0.3 is 5.97 Å². The van der Waals surface area contributed by atoms with Gasteiger partial charge in [-0.05, 0) is 6.42 Å². The maximum atomic E-state index is 11.4. The van der Waals surface area contributed by atoms with Gasteiger partial charge in [-0.2, -0.15) is 0 Å². The lowest BCUT2D eigenvalue weighted by molar-refractivity contribution is -0.137. The van der Waals surface area contributed by atoms with Crippen LogP contribution in [-0.2, 0) is 14.4 Å². The summed E-state index contributed by atoms with van der Waals surface area (Å²) in [5, 5.41) is 13.0. The van der Waals surface area contributed by atoms with Crippen molar-refractivity contribution < 1.29 is 19.5 Å². The number of carbonyl (C=O) groups excluding carboxylic acids is 2. The van der Waals surface area contributed by atoms with Crippen molar-refractivity contribution >= 4 is 17.8 Å². The van der Waals surface area contributed by atoms with Crippen LogP contribution in [-0.4, -0.2) is 36.0 Å². The molecule has 0 saturated heterocycles. The van der Waals surface area contributed by atoms with Crippen molar-refractivity contribution in [1.29, 1.82) is 0 Å². The highest BCUT2D eigenvalue weighted by Crippen LogP contribution is 2.08. The number of carboxylic acids is 1. The Morgan fingerprint density at radius 1 is 0.800 bits per heavy atom. The van der Waals surface area contributed by atoms with Crippen LogP contribution in [0.25, 0.3) is 0 Å². The lowest BCUT2D eigenvalue weighted by atomic mass is 10.1. The Morgan fingerprint density at radius 3 is 1.95 bits per heavy atom. The molecule has 0 atom stereocenters. The Hall–Kier alpha value is -1.59. The van der Waals surface area contributed by atoms with Crippen molar-refractivity contribution in [3.8, 4) is 0 Å². The van der Waals surface area contributed by atoms with Crippen molar-refractivity contribution in [2.75, 3.05) is 13.1 Å². The summed E-state index contributed by atoms with van der Waals surface area (Å²) >= 11 is 0. The zero-order valence-electron chi connectivity index (χ0n) is 12.2. The molecule has 0 spiro atoms. The van der Waals surface area contributed by atoms with Crippen LogP contribution in [0.2, 0.25) is 0 Å². The van der Waals surface area contributed by atoms with Crippen LogP contribution in [0.15, 0.2) is 0 Å². The van der Waals surface area contributed by atoms with Crippen molar-refractivity contribution in [2.45, 2.75) is 58.3 Å². The van der Waals surface area contributed by atoms with E-state index in [1.807, 2.05) is 0 Å². The zero-order valence-corrected chi connectivity index (χ0v) is 12.2. The number of rotatable bonds is 12. The molecule has 3 N–H and O–H groups in total. The van der Waals surface area contributed by atoms with Gasteiger partial charge in [0, 0.05) is 6.42 Å². The third-order valence-corrected chi connectivity index (χ3v) is 2.89. The van der Waals surface area contributed by atoms with E-state index in [0.717, 1.165) is 19.3 Å². The number of nitrogens with one attached hydrogen (secondary N) is 2. The normalized spacial score (nSPS) is 10.1. The summed E-state index contributed by atoms with van der Waals surface area (Å²) in [6.07, 6.45) is 8.39. The first-order chi connectivity index (χ1) is 9.56. The average molecular weight is 286 g/mol. The molecular weight excluding hydrogens is 260 g/mol. The summed E-state index contributed by atoms with van der Waals surface area (Å²) in [5.41, 5.74) is 0. The molecule has 0 radical (unpaired) electrons. The highest BCUT2D eigenvalue weighted by atomic mass is 16.4. The quantitative estimate of drug-likeness (QED) is 0.473. The molecule has 0 aliphatic heterocycles. The summed E-state index contributed by atoms with van der Waals surface area (Å²) < 4.78 is 0. The first-order valence-corrected chi connectivity index (χ1v) is 7.31. The summed E-state index contributed by atoms with van der Waals surface area (Å²) in [6, 6.07) is 0. The van der Waals surface area contributed by atoms with Crippen LogP contribution in [0.5, 0.6) is 0 Å². The van der Waals surface area contributed by atoms with Gasteiger partial charge in [0.05, 0.1) is 6.54 Å². The van der Waals surface area contributed by atoms with Crippen LogP contribution in [0, 0.1) is 0 Å². The highest BCUT2D eigenvalue weighted by Gasteiger charge is 2.06. The molecule has 0 bridgehead atoms. The molecule has 0 aromatic carbocycles. The fourth-order valence-electron chi connectivity index (χ4n) is 1.75. The molecule has 0 rings (SSSR count). The van der Waals surface area contributed by atoms with E-state index in [1.54, 1.807) is 0 Å². The molecule has 0 aliphatic carbocycles. The second-order valence-corrected chi connectivity index (χ2v) is 4.82. The first kappa shape index (κ1) is 18.4. The Balaban J connectivity index is 3.40. The second-order valence-electron chi connectivity index (χ2n) is 4.82. The second kappa shape index (κ2) is 12.4. The monoisotopic (exact) mass is 286 g/mol. The molecule has 0 fully saturated rings. The van der Waals surface area contributed by atoms with Gasteiger partial charge in [-0.15, -0.1) is 0 Å². The summed E-state index contributed by atoms with van der Waals surface area (Å²) in [5.74, 6) is -1.75. The number of carboxylic acid groups (broad SMARTS) is 1. The molecule has 2 amide bonds. The van der Waals surface area contributed by atoms with Crippen molar-refractivity contribution in [2.24, 2.45) is 0 Å². The smallest absolute Gasteiger partial charge is 0.322 e. The van der Waals surface area contributed by atoms with E-state index in [0.29, 0.717) is 6.42 Å². The van der Waals surface area contributed by atoms with Crippen LogP contribution in [0.1, 0.15) is 58.3 Å². The van der Waals surface area contributed by atoms with E-state index >= 15 is 0 Å². The zero-order chi connectivity index (χ0) is 15.2. The number of unbranched alkanes of at least 4 members (excludes halogenated alkanes) is 6. The SMILES string of the molecule is CCCCCCCCCC(=O)NCC(=O)NCC(=O)O. The lowest BCUT2D eigenvalue weighted by Gasteiger charge is -2.05. The molecule has 0 aromatic rings. The van der Waals surface area contributed by atoms with E-state index in [2.05, 4.69) is 17.6 Å². The maximum absolute atomic E-state index is 11.4. The van der Waals surface area contributed by atoms with Crippen LogP contribution < -0.4 is 10.6 Å². The van der Waals surface area contributed by atoms with Gasteiger partial charge in [-0.1, -0.05) is 45.4 Å². The van der Waals surface area contributed by atoms with E-state index in [1.165, 1.54) is 25.7 Å². The van der Waals surface area contributed by atoms with Crippen LogP contribution in [0.4, 0.5) is 0 Å². The van der Waals surface area contributed by atoms with E-state index in [4.69, 9.17) is 5.11 Å². The third-order valence-electron chi connectivity index (χ3n) is 2.89. The average Bonchev–Trinajstić information content (AvgIpc) is 2.41. The van der Waals surface area contributed by atoms with Crippen molar-refractivity contribution in [1.82, 2.24) is 10.6 Å². The summed E-state index contributed by atoms with van der Waals surface area (Å²) in [7, 11) is 0. The summed E-state index contributed by atoms with van der Waals surface area (Å²) in [6.45, 7) is 1.59. The van der Waals surface area contributed by atoms with Crippen LogP contribution >= 0.6 is 0 Å². The van der Waals surface area contributed by atoms with Gasteiger partial charge in [0.1, 0.15) is 6.54 Å². The van der Waals surface area contributed by atoms with Gasteiger partial charge in [-0.3, -0.25) is 14.4 Å². The molecule has 0 heterocycles. The fraction of sp³-hybridized carbons (Fsp3) is 0.786. The highest BCUT2D eigenvalue weighted by molar-refractivity contribution is 5.86. The first-order valence-electron chi connectivity index (χ1n) is 7.31. The molecule has 20 heavy (non-hydrogen) atoms. The number of hydrogen-bond donors (Lipinski definition) is 3. The topological polar surface area (TPSA) is 95.5 Å². The summed E-state index contributed by atoms with van der Waals surface area (Å²) in [4.78, 5) is 32.8. The van der Waals surface area contributed by atoms with Crippen molar-refractivity contribution in [3.05, 3.63) is 0 Å². The van der Waals surface area contributed by atoms with Gasteiger partial charge in [0.25, 0.3) is 0 Å². The molecule has 0 unspecified atom stereocenters. The number of aliphatic carboxylic acids is 1. The molecule has 0 aliphatic rings. The van der Waals surface area contributed by atoms with E-state index < -0.39 is 18.4 Å². The molecular formula is C14H26N2O4. The minimum absolute atomic E-state index is 0.163. The van der Waals surface area contributed by atoms with Gasteiger partial charge in [0.2, 0.25) is 11.8 Å². The Bertz CT molecular complexity index is 306. The minimum Gasteiger partial charge on any atom is -0.480 e. The Labute approximate surface area is 120 Å². The Kier molecular flexibility index (Phi) is 11.5. The van der Waals surface area contributed by atoms with Gasteiger partial charge < -0.3 is 15.7 Å². The predicted molar refractivity (Wildman–Crippen MR) is 76.3 cm³/mol. The minimum atomic E-state index is -1.10. The number of amides is 2. The van der Waals surface area contributed by atoms with E-state index in [9.17, 15) is 14.4 Å². The standard InChI is InChI=1S/C14H26N2O4/c1-2-3-4-5-6-7-8-9-12(17)15-10-13(18)16-11-14(19)20/h2-11H2,1H3,(H,15,17)(H,16,18)(H,19,20). The molecule has 6 heteroatoms. The number of hydrogen-bond acceptors (Lipinski definition) is 3. The predicted octanol–water partition coefficient (Wildman–Crippen LogP) is 1.44. The van der Waals surface area contributed by atoms with Crippen LogP contribution in [0.3, 0.4) is 0 Å². The molecule has 0 aromatic heterocycles. The van der Waals surface area contributed by atoms with Crippen molar-refractivity contribution in [3.63, 3.8) is 0 Å². The Morgan fingerprint density at radius 2 is 1.35 bits per heavy atom. The van der Waals surface area contributed by atoms with E-state index in [-0.39, 0.29) is 12.5 Å². The van der Waals surface area contributed by atoms with Gasteiger partial charge in [-0.25, -0.2) is 0 Å². The van der Waals surface area contributed by atoms with Gasteiger partial charge in [0.15, 0.2) is 0 Å².